The van der Waals surface area contributed by atoms with Crippen molar-refractivity contribution < 1.29 is 5.11 Å². The second kappa shape index (κ2) is 4.42. The van der Waals surface area contributed by atoms with Gasteiger partial charge in [0.2, 0.25) is 0 Å². The smallest absolute Gasteiger partial charge is 0.0517 e. The second-order valence-corrected chi connectivity index (χ2v) is 6.47. The minimum absolute atomic E-state index is 0.188. The summed E-state index contributed by atoms with van der Waals surface area (Å²) in [5, 5.41) is 13.0. The molecule has 1 aliphatic rings. The number of aliphatic hydroxyl groups is 1. The van der Waals surface area contributed by atoms with E-state index >= 15 is 0 Å². The molecule has 2 atom stereocenters. The predicted octanol–water partition coefficient (Wildman–Crippen LogP) is 2.56. The maximum atomic E-state index is 9.40. The molecular weight excluding hydrogens is 186 g/mol. The molecule has 0 heterocycles. The van der Waals surface area contributed by atoms with Gasteiger partial charge in [-0.25, -0.2) is 0 Å². The van der Waals surface area contributed by atoms with Gasteiger partial charge in [0.15, 0.2) is 0 Å². The fourth-order valence-corrected chi connectivity index (χ4v) is 2.18. The summed E-state index contributed by atoms with van der Waals surface area (Å²) >= 11 is 0. The van der Waals surface area contributed by atoms with Crippen LogP contribution in [-0.2, 0) is 0 Å². The Kier molecular flexibility index (Phi) is 3.83. The Morgan fingerprint density at radius 1 is 1.33 bits per heavy atom. The van der Waals surface area contributed by atoms with Gasteiger partial charge in [0, 0.05) is 12.6 Å². The van der Waals surface area contributed by atoms with Gasteiger partial charge in [-0.3, -0.25) is 0 Å². The summed E-state index contributed by atoms with van der Waals surface area (Å²) < 4.78 is 0. The van der Waals surface area contributed by atoms with Crippen molar-refractivity contribution in [2.24, 2.45) is 10.8 Å². The largest absolute Gasteiger partial charge is 0.393 e. The van der Waals surface area contributed by atoms with E-state index in [4.69, 9.17) is 0 Å². The van der Waals surface area contributed by atoms with E-state index in [0.29, 0.717) is 11.5 Å². The van der Waals surface area contributed by atoms with E-state index in [9.17, 15) is 5.11 Å². The van der Waals surface area contributed by atoms with Gasteiger partial charge >= 0.3 is 0 Å². The number of rotatable bonds is 6. The molecular formula is C13H27NO. The molecule has 1 rings (SSSR count). The molecule has 90 valence electrons. The van der Waals surface area contributed by atoms with Crippen LogP contribution in [0.3, 0.4) is 0 Å². The third-order valence-electron chi connectivity index (χ3n) is 3.82. The molecule has 0 aromatic heterocycles. The van der Waals surface area contributed by atoms with Crippen molar-refractivity contribution in [3.05, 3.63) is 0 Å². The predicted molar refractivity (Wildman–Crippen MR) is 64.9 cm³/mol. The quantitative estimate of drug-likeness (QED) is 0.711. The average Bonchev–Trinajstić information content (AvgIpc) is 2.78. The van der Waals surface area contributed by atoms with E-state index in [0.717, 1.165) is 13.0 Å². The maximum absolute atomic E-state index is 9.40. The van der Waals surface area contributed by atoms with Crippen molar-refractivity contribution in [3.8, 4) is 0 Å². The molecule has 1 aliphatic carbocycles. The Bertz CT molecular complexity index is 207. The fourth-order valence-electron chi connectivity index (χ4n) is 2.18. The van der Waals surface area contributed by atoms with Crippen LogP contribution in [0.1, 0.15) is 53.9 Å². The van der Waals surface area contributed by atoms with Gasteiger partial charge in [0.1, 0.15) is 0 Å². The number of nitrogens with one attached hydrogen (secondary N) is 1. The summed E-state index contributed by atoms with van der Waals surface area (Å²) in [7, 11) is 0. The van der Waals surface area contributed by atoms with Gasteiger partial charge in [-0.05, 0) is 43.9 Å². The van der Waals surface area contributed by atoms with Crippen molar-refractivity contribution in [2.75, 3.05) is 6.54 Å². The Balaban J connectivity index is 2.29. The normalized spacial score (nSPS) is 23.6. The Labute approximate surface area is 94.5 Å². The zero-order valence-corrected chi connectivity index (χ0v) is 10.9. The topological polar surface area (TPSA) is 32.3 Å². The Hall–Kier alpha value is -0.0800. The van der Waals surface area contributed by atoms with E-state index in [1.54, 1.807) is 0 Å². The first kappa shape index (κ1) is 13.0. The van der Waals surface area contributed by atoms with E-state index in [2.05, 4.69) is 33.0 Å². The third-order valence-corrected chi connectivity index (χ3v) is 3.82. The lowest BCUT2D eigenvalue weighted by molar-refractivity contribution is 0.124. The van der Waals surface area contributed by atoms with Crippen LogP contribution in [0.15, 0.2) is 0 Å². The number of hydrogen-bond acceptors (Lipinski definition) is 2. The molecule has 0 aromatic rings. The van der Waals surface area contributed by atoms with Crippen molar-refractivity contribution >= 4 is 0 Å². The van der Waals surface area contributed by atoms with Crippen LogP contribution in [0.4, 0.5) is 0 Å². The van der Waals surface area contributed by atoms with Crippen molar-refractivity contribution in [3.63, 3.8) is 0 Å². The van der Waals surface area contributed by atoms with Gasteiger partial charge < -0.3 is 10.4 Å². The molecule has 0 radical (unpaired) electrons. The Morgan fingerprint density at radius 2 is 1.87 bits per heavy atom. The monoisotopic (exact) mass is 213 g/mol. The van der Waals surface area contributed by atoms with Crippen LogP contribution < -0.4 is 5.32 Å². The van der Waals surface area contributed by atoms with E-state index in [-0.39, 0.29) is 11.5 Å². The van der Waals surface area contributed by atoms with Gasteiger partial charge in [0.05, 0.1) is 6.10 Å². The number of aliphatic hydroxyl groups excluding tert-OH is 1. The second-order valence-electron chi connectivity index (χ2n) is 6.47. The van der Waals surface area contributed by atoms with Crippen LogP contribution in [0.25, 0.3) is 0 Å². The highest BCUT2D eigenvalue weighted by Gasteiger charge is 2.42. The standard InChI is InChI=1S/C13H27NO/c1-10(15)8-12(3,4)9-14-11(2)13(5)6-7-13/h10-11,14-15H,6-9H2,1-5H3. The summed E-state index contributed by atoms with van der Waals surface area (Å²) in [6.45, 7) is 11.9. The van der Waals surface area contributed by atoms with Gasteiger partial charge in [-0.1, -0.05) is 20.8 Å². The lowest BCUT2D eigenvalue weighted by atomic mass is 9.86. The molecule has 1 saturated carbocycles. The molecule has 0 saturated heterocycles. The summed E-state index contributed by atoms with van der Waals surface area (Å²) in [6, 6.07) is 0.603. The third kappa shape index (κ3) is 4.12. The maximum Gasteiger partial charge on any atom is 0.0517 e. The average molecular weight is 213 g/mol. The van der Waals surface area contributed by atoms with E-state index < -0.39 is 0 Å². The SMILES string of the molecule is CC(O)CC(C)(C)CNC(C)C1(C)CC1. The fraction of sp³-hybridized carbons (Fsp3) is 1.00. The zero-order valence-electron chi connectivity index (χ0n) is 10.9. The molecule has 1 fully saturated rings. The number of hydrogen-bond donors (Lipinski definition) is 2. The van der Waals surface area contributed by atoms with Crippen LogP contribution in [0, 0.1) is 10.8 Å². The van der Waals surface area contributed by atoms with E-state index in [1.807, 2.05) is 6.92 Å². The van der Waals surface area contributed by atoms with Gasteiger partial charge in [0.25, 0.3) is 0 Å². The molecule has 2 unspecified atom stereocenters. The molecule has 2 N–H and O–H groups in total. The molecule has 0 spiro atoms. The zero-order chi connectivity index (χ0) is 11.7. The lowest BCUT2D eigenvalue weighted by Gasteiger charge is -2.30. The molecule has 0 bridgehead atoms. The summed E-state index contributed by atoms with van der Waals surface area (Å²) in [5.41, 5.74) is 0.731. The van der Waals surface area contributed by atoms with E-state index in [1.165, 1.54) is 12.8 Å². The molecule has 2 nitrogen and oxygen atoms in total. The summed E-state index contributed by atoms with van der Waals surface area (Å²) in [4.78, 5) is 0. The van der Waals surface area contributed by atoms with Crippen LogP contribution in [-0.4, -0.2) is 23.8 Å². The Morgan fingerprint density at radius 3 is 2.27 bits per heavy atom. The molecule has 2 heteroatoms. The lowest BCUT2D eigenvalue weighted by Crippen LogP contribution is -2.40. The highest BCUT2D eigenvalue weighted by molar-refractivity contribution is 4.97. The van der Waals surface area contributed by atoms with Gasteiger partial charge in [-0.2, -0.15) is 0 Å². The van der Waals surface area contributed by atoms with Crippen molar-refractivity contribution in [1.82, 2.24) is 5.32 Å². The highest BCUT2D eigenvalue weighted by atomic mass is 16.3. The van der Waals surface area contributed by atoms with Crippen molar-refractivity contribution in [1.29, 1.82) is 0 Å². The molecule has 0 aliphatic heterocycles. The molecule has 0 amide bonds. The first-order valence-corrected chi connectivity index (χ1v) is 6.17. The highest BCUT2D eigenvalue weighted by Crippen LogP contribution is 2.48. The van der Waals surface area contributed by atoms with Crippen LogP contribution >= 0.6 is 0 Å². The first-order valence-electron chi connectivity index (χ1n) is 6.17. The van der Waals surface area contributed by atoms with Crippen molar-refractivity contribution in [2.45, 2.75) is 66.0 Å². The minimum atomic E-state index is -0.200. The van der Waals surface area contributed by atoms with Crippen LogP contribution in [0.5, 0.6) is 0 Å². The molecule has 0 aromatic carbocycles. The summed E-state index contributed by atoms with van der Waals surface area (Å²) in [5.74, 6) is 0. The van der Waals surface area contributed by atoms with Gasteiger partial charge in [-0.15, -0.1) is 0 Å². The molecule has 15 heavy (non-hydrogen) atoms. The summed E-state index contributed by atoms with van der Waals surface area (Å²) in [6.07, 6.45) is 3.38. The van der Waals surface area contributed by atoms with Crippen LogP contribution in [0.2, 0.25) is 0 Å². The minimum Gasteiger partial charge on any atom is -0.393 e. The first-order chi connectivity index (χ1) is 6.75.